The van der Waals surface area contributed by atoms with Gasteiger partial charge in [-0.2, -0.15) is 0 Å². The van der Waals surface area contributed by atoms with Gasteiger partial charge in [0.15, 0.2) is 0 Å². The third kappa shape index (κ3) is 3.66. The summed E-state index contributed by atoms with van der Waals surface area (Å²) >= 11 is 0. The molecule has 0 aliphatic heterocycles. The van der Waals surface area contributed by atoms with Gasteiger partial charge >= 0.3 is 0 Å². The van der Waals surface area contributed by atoms with Crippen LogP contribution in [0.2, 0.25) is 0 Å². The van der Waals surface area contributed by atoms with Crippen LogP contribution in [0.15, 0.2) is 66.9 Å². The first-order valence-electron chi connectivity index (χ1n) is 11.8. The van der Waals surface area contributed by atoms with Gasteiger partial charge in [0.1, 0.15) is 11.6 Å². The highest BCUT2D eigenvalue weighted by Crippen LogP contribution is 2.22. The van der Waals surface area contributed by atoms with E-state index in [2.05, 4.69) is 20.3 Å². The Morgan fingerprint density at radius 2 is 2.04 bits per heavy atom. The standard InChI is InChI=1S/C22H19N5O/c1-15-23-14-20(27(15)2)18-10-9-17-13-24-21(12-19(17)25-18)26-22(28)11-8-16-6-4-3-5-7-16/h3-14H,1-2H3,(H,24,26,28)/b11-8+/i3D,4D,5D,6D,7D,8D,11D. The van der Waals surface area contributed by atoms with E-state index in [0.717, 1.165) is 11.5 Å². The molecule has 138 valence electrons. The zero-order chi connectivity index (χ0) is 25.6. The molecule has 4 aromatic rings. The van der Waals surface area contributed by atoms with Crippen LogP contribution in [0.1, 0.15) is 21.0 Å². The Morgan fingerprint density at radius 3 is 2.79 bits per heavy atom. The Labute approximate surface area is 172 Å². The van der Waals surface area contributed by atoms with E-state index in [4.69, 9.17) is 9.60 Å². The van der Waals surface area contributed by atoms with E-state index in [1.807, 2.05) is 30.7 Å². The zero-order valence-electron chi connectivity index (χ0n) is 22.1. The number of amides is 1. The molecule has 1 amide bonds. The first-order valence-corrected chi connectivity index (χ1v) is 8.32. The summed E-state index contributed by atoms with van der Waals surface area (Å²) in [5.41, 5.74) is 1.47. The van der Waals surface area contributed by atoms with Crippen molar-refractivity contribution in [2.24, 2.45) is 7.05 Å². The molecule has 0 unspecified atom stereocenters. The normalized spacial score (nSPS) is 15.4. The Morgan fingerprint density at radius 1 is 1.21 bits per heavy atom. The van der Waals surface area contributed by atoms with Crippen molar-refractivity contribution in [3.8, 4) is 11.4 Å². The van der Waals surface area contributed by atoms with Crippen LogP contribution < -0.4 is 5.32 Å². The van der Waals surface area contributed by atoms with Gasteiger partial charge in [-0.25, -0.2) is 15.0 Å². The molecule has 3 heterocycles. The molecule has 1 N–H and O–H groups in total. The van der Waals surface area contributed by atoms with Crippen molar-refractivity contribution in [3.05, 3.63) is 78.2 Å². The number of hydrogen-bond acceptors (Lipinski definition) is 4. The lowest BCUT2D eigenvalue weighted by molar-refractivity contribution is -0.111. The van der Waals surface area contributed by atoms with E-state index in [9.17, 15) is 4.79 Å². The number of nitrogens with one attached hydrogen (secondary N) is 1. The highest BCUT2D eigenvalue weighted by molar-refractivity contribution is 6.02. The number of aryl methyl sites for hydroxylation is 1. The molecule has 1 aromatic carbocycles. The Balaban J connectivity index is 1.68. The van der Waals surface area contributed by atoms with Crippen molar-refractivity contribution in [2.45, 2.75) is 6.92 Å². The molecule has 0 saturated carbocycles. The number of anilines is 1. The van der Waals surface area contributed by atoms with Crippen LogP contribution in [-0.2, 0) is 11.8 Å². The van der Waals surface area contributed by atoms with Crippen LogP contribution in [0.3, 0.4) is 0 Å². The third-order valence-electron chi connectivity index (χ3n) is 4.10. The summed E-state index contributed by atoms with van der Waals surface area (Å²) < 4.78 is 57.1. The highest BCUT2D eigenvalue weighted by atomic mass is 16.1. The first kappa shape index (κ1) is 11.1. The molecule has 0 fully saturated rings. The van der Waals surface area contributed by atoms with Crippen LogP contribution >= 0.6 is 0 Å². The van der Waals surface area contributed by atoms with E-state index in [1.54, 1.807) is 6.20 Å². The minimum Gasteiger partial charge on any atom is -0.330 e. The number of imidazole rings is 1. The second-order valence-corrected chi connectivity index (χ2v) is 5.91. The van der Waals surface area contributed by atoms with Gasteiger partial charge in [0.25, 0.3) is 0 Å². The minimum atomic E-state index is -1.02. The number of carbonyl (C=O) groups is 1. The van der Waals surface area contributed by atoms with E-state index >= 15 is 0 Å². The fraction of sp³-hybridized carbons (Fsp3) is 0.0909. The van der Waals surface area contributed by atoms with E-state index in [0.29, 0.717) is 16.6 Å². The number of hydrogen-bond donors (Lipinski definition) is 1. The van der Waals surface area contributed by atoms with Crippen molar-refractivity contribution in [3.63, 3.8) is 0 Å². The van der Waals surface area contributed by atoms with Crippen molar-refractivity contribution in [2.75, 3.05) is 5.32 Å². The maximum absolute atomic E-state index is 12.7. The fourth-order valence-corrected chi connectivity index (χ4v) is 2.55. The molecule has 3 aromatic heterocycles. The number of pyridine rings is 2. The smallest absolute Gasteiger partial charge is 0.249 e. The van der Waals surface area contributed by atoms with E-state index in [-0.39, 0.29) is 5.82 Å². The number of benzene rings is 1. The fourth-order valence-electron chi connectivity index (χ4n) is 2.55. The van der Waals surface area contributed by atoms with Gasteiger partial charge < -0.3 is 9.88 Å². The number of nitrogens with zero attached hydrogens (tertiary/aromatic N) is 4. The largest absolute Gasteiger partial charge is 0.330 e. The molecular weight excluding hydrogens is 350 g/mol. The molecule has 0 radical (unpaired) electrons. The topological polar surface area (TPSA) is 72.7 Å². The first-order chi connectivity index (χ1) is 16.5. The highest BCUT2D eigenvalue weighted by Gasteiger charge is 2.09. The molecule has 28 heavy (non-hydrogen) atoms. The quantitative estimate of drug-likeness (QED) is 0.547. The third-order valence-corrected chi connectivity index (χ3v) is 4.10. The predicted octanol–water partition coefficient (Wildman–Crippen LogP) is 3.99. The molecule has 6 heteroatoms. The molecule has 0 aliphatic rings. The van der Waals surface area contributed by atoms with Gasteiger partial charge in [-0.15, -0.1) is 0 Å². The zero-order valence-corrected chi connectivity index (χ0v) is 15.1. The van der Waals surface area contributed by atoms with Crippen molar-refractivity contribution in [1.29, 1.82) is 0 Å². The Hall–Kier alpha value is -3.80. The summed E-state index contributed by atoms with van der Waals surface area (Å²) in [6.45, 7) is 1.87. The average Bonchev–Trinajstić information content (AvgIpc) is 3.18. The molecule has 0 atom stereocenters. The van der Waals surface area contributed by atoms with Gasteiger partial charge in [-0.1, -0.05) is 30.2 Å². The second kappa shape index (κ2) is 7.44. The summed E-state index contributed by atoms with van der Waals surface area (Å²) in [4.78, 5) is 25.7. The number of fused-ring (bicyclic) bond motifs is 1. The lowest BCUT2D eigenvalue weighted by Crippen LogP contribution is -2.09. The van der Waals surface area contributed by atoms with Gasteiger partial charge in [0, 0.05) is 30.7 Å². The molecule has 6 nitrogen and oxygen atoms in total. The maximum Gasteiger partial charge on any atom is 0.249 e. The lowest BCUT2D eigenvalue weighted by Gasteiger charge is -2.06. The summed E-state index contributed by atoms with van der Waals surface area (Å²) in [6, 6.07) is 0.243. The SMILES string of the molecule is [2H]/C(C(=O)Nc1cc2nc(-c3cnc(C)n3C)ccc2cn1)=C(/[2H])c1c([2H])c([2H])c([2H])c([2H])c1[2H]. The summed E-state index contributed by atoms with van der Waals surface area (Å²) in [6.07, 6.45) is 3.21. The summed E-state index contributed by atoms with van der Waals surface area (Å²) in [5, 5.41) is 3.13. The van der Waals surface area contributed by atoms with Gasteiger partial charge in [-0.05, 0) is 30.7 Å². The predicted molar refractivity (Wildman–Crippen MR) is 111 cm³/mol. The van der Waals surface area contributed by atoms with Crippen molar-refractivity contribution >= 4 is 28.7 Å². The van der Waals surface area contributed by atoms with Crippen LogP contribution in [0.5, 0.6) is 0 Å². The van der Waals surface area contributed by atoms with Crippen molar-refractivity contribution < 1.29 is 14.4 Å². The molecule has 0 saturated heterocycles. The number of aromatic nitrogens is 4. The number of rotatable bonds is 4. The summed E-state index contributed by atoms with van der Waals surface area (Å²) in [7, 11) is 1.87. The van der Waals surface area contributed by atoms with E-state index in [1.165, 1.54) is 12.3 Å². The lowest BCUT2D eigenvalue weighted by atomic mass is 10.2. The van der Waals surface area contributed by atoms with Crippen LogP contribution in [0.25, 0.3) is 28.3 Å². The number of carbonyl (C=O) groups excluding carboxylic acids is 1. The Kier molecular flexibility index (Phi) is 2.96. The molecule has 0 aliphatic carbocycles. The van der Waals surface area contributed by atoms with Crippen molar-refractivity contribution in [1.82, 2.24) is 19.5 Å². The minimum absolute atomic E-state index is 0.0759. The van der Waals surface area contributed by atoms with Crippen LogP contribution in [0, 0.1) is 6.92 Å². The Bertz CT molecular complexity index is 1520. The van der Waals surface area contributed by atoms with Crippen LogP contribution in [0.4, 0.5) is 5.82 Å². The maximum atomic E-state index is 12.7. The monoisotopic (exact) mass is 376 g/mol. The molecule has 0 bridgehead atoms. The molecular formula is C22H19N5O. The molecule has 0 spiro atoms. The van der Waals surface area contributed by atoms with Crippen LogP contribution in [-0.4, -0.2) is 25.4 Å². The van der Waals surface area contributed by atoms with Gasteiger partial charge in [0.05, 0.1) is 32.7 Å². The van der Waals surface area contributed by atoms with Gasteiger partial charge in [0.2, 0.25) is 5.91 Å². The average molecular weight is 376 g/mol. The molecule has 4 rings (SSSR count). The second-order valence-electron chi connectivity index (χ2n) is 5.91. The van der Waals surface area contributed by atoms with E-state index < -0.39 is 53.8 Å². The summed E-state index contributed by atoms with van der Waals surface area (Å²) in [5.74, 6) is -0.122. The van der Waals surface area contributed by atoms with Gasteiger partial charge in [-0.3, -0.25) is 4.79 Å².